The van der Waals surface area contributed by atoms with Crippen molar-refractivity contribution in [2.24, 2.45) is 0 Å². The van der Waals surface area contributed by atoms with Crippen LogP contribution in [0.25, 0.3) is 11.4 Å². The Morgan fingerprint density at radius 3 is 2.53 bits per heavy atom. The summed E-state index contributed by atoms with van der Waals surface area (Å²) in [6.07, 6.45) is 4.01. The van der Waals surface area contributed by atoms with Gasteiger partial charge >= 0.3 is 0 Å². The summed E-state index contributed by atoms with van der Waals surface area (Å²) < 4.78 is 1.76. The molecule has 2 aromatic heterocycles. The Labute approximate surface area is 197 Å². The van der Waals surface area contributed by atoms with Crippen molar-refractivity contribution in [3.05, 3.63) is 64.0 Å². The molecule has 7 nitrogen and oxygen atoms in total. The third kappa shape index (κ3) is 5.11. The fourth-order valence-corrected chi connectivity index (χ4v) is 3.62. The minimum Gasteiger partial charge on any atom is -0.340 e. The van der Waals surface area contributed by atoms with E-state index in [1.54, 1.807) is 48.0 Å². The van der Waals surface area contributed by atoms with Crippen LogP contribution in [0.5, 0.6) is 0 Å². The Balaban J connectivity index is 2.23. The molecule has 168 valence electrons. The highest BCUT2D eigenvalue weighted by atomic mass is 35.5. The van der Waals surface area contributed by atoms with Crippen LogP contribution in [0, 0.1) is 0 Å². The molecule has 2 amide bonds. The summed E-state index contributed by atoms with van der Waals surface area (Å²) in [5, 5.41) is 1.00. The molecular formula is C23H25Cl2N5O2. The van der Waals surface area contributed by atoms with Gasteiger partial charge in [0.05, 0.1) is 22.3 Å². The van der Waals surface area contributed by atoms with E-state index in [1.807, 2.05) is 18.2 Å². The van der Waals surface area contributed by atoms with Gasteiger partial charge in [-0.15, -0.1) is 0 Å². The van der Waals surface area contributed by atoms with Crippen molar-refractivity contribution in [3.63, 3.8) is 0 Å². The van der Waals surface area contributed by atoms with Crippen LogP contribution in [0.2, 0.25) is 10.0 Å². The van der Waals surface area contributed by atoms with Crippen molar-refractivity contribution in [2.45, 2.75) is 26.3 Å². The van der Waals surface area contributed by atoms with Gasteiger partial charge in [0.2, 0.25) is 6.41 Å². The van der Waals surface area contributed by atoms with E-state index < -0.39 is 0 Å². The molecule has 3 aromatic rings. The maximum Gasteiger partial charge on any atom is 0.274 e. The summed E-state index contributed by atoms with van der Waals surface area (Å²) >= 11 is 12.5. The number of carbonyl (C=O) groups excluding carboxylic acids is 2. The molecule has 0 bridgehead atoms. The molecule has 0 saturated carbocycles. The number of hydrogen-bond acceptors (Lipinski definition) is 4. The highest BCUT2D eigenvalue weighted by molar-refractivity contribution is 6.33. The molecule has 0 atom stereocenters. The monoisotopic (exact) mass is 473 g/mol. The minimum atomic E-state index is -0.234. The van der Waals surface area contributed by atoms with Crippen molar-refractivity contribution in [2.75, 3.05) is 25.5 Å². The van der Waals surface area contributed by atoms with Crippen molar-refractivity contribution in [1.29, 1.82) is 0 Å². The number of unbranched alkanes of at least 4 members (excludes halogenated alkanes) is 1. The Morgan fingerprint density at radius 1 is 1.16 bits per heavy atom. The highest BCUT2D eigenvalue weighted by Gasteiger charge is 2.29. The molecule has 32 heavy (non-hydrogen) atoms. The Kier molecular flexibility index (Phi) is 7.88. The molecule has 3 rings (SSSR count). The number of aromatic nitrogens is 3. The second-order valence-electron chi connectivity index (χ2n) is 7.44. The van der Waals surface area contributed by atoms with Crippen LogP contribution in [0.15, 0.2) is 42.6 Å². The lowest BCUT2D eigenvalue weighted by molar-refractivity contribution is -0.107. The van der Waals surface area contributed by atoms with Crippen LogP contribution in [0.1, 0.15) is 35.9 Å². The van der Waals surface area contributed by atoms with Crippen molar-refractivity contribution in [1.82, 2.24) is 19.4 Å². The number of carbonyl (C=O) groups is 2. The first kappa shape index (κ1) is 23.8. The smallest absolute Gasteiger partial charge is 0.274 e. The second-order valence-corrected chi connectivity index (χ2v) is 8.28. The number of hydrogen-bond donors (Lipinski definition) is 0. The zero-order chi connectivity index (χ0) is 23.3. The topological polar surface area (TPSA) is 71.3 Å². The van der Waals surface area contributed by atoms with E-state index in [0.29, 0.717) is 45.8 Å². The summed E-state index contributed by atoms with van der Waals surface area (Å²) in [5.41, 5.74) is 1.63. The second kappa shape index (κ2) is 10.6. The van der Waals surface area contributed by atoms with Crippen LogP contribution in [-0.2, 0) is 11.3 Å². The third-order valence-corrected chi connectivity index (χ3v) is 5.61. The number of imidazole rings is 1. The van der Waals surface area contributed by atoms with Crippen LogP contribution in [0.4, 0.5) is 5.82 Å². The van der Waals surface area contributed by atoms with Gasteiger partial charge in [-0.1, -0.05) is 48.7 Å². The molecule has 9 heteroatoms. The maximum absolute atomic E-state index is 13.5. The Hall–Kier alpha value is -2.90. The molecule has 0 spiro atoms. The number of benzene rings is 1. The molecule has 0 aliphatic carbocycles. The summed E-state index contributed by atoms with van der Waals surface area (Å²) in [7, 11) is 3.31. The molecular weight excluding hydrogens is 449 g/mol. The fourth-order valence-electron chi connectivity index (χ4n) is 3.29. The van der Waals surface area contributed by atoms with Gasteiger partial charge in [0.15, 0.2) is 11.5 Å². The van der Waals surface area contributed by atoms with E-state index in [0.717, 1.165) is 12.8 Å². The predicted molar refractivity (Wildman–Crippen MR) is 127 cm³/mol. The lowest BCUT2D eigenvalue weighted by atomic mass is 10.2. The average molecular weight is 474 g/mol. The van der Waals surface area contributed by atoms with E-state index >= 15 is 0 Å². The minimum absolute atomic E-state index is 0.234. The molecule has 0 unspecified atom stereocenters. The molecule has 0 N–H and O–H groups in total. The first-order chi connectivity index (χ1) is 15.4. The first-order valence-electron chi connectivity index (χ1n) is 10.3. The fraction of sp³-hybridized carbons (Fsp3) is 0.304. The summed E-state index contributed by atoms with van der Waals surface area (Å²) in [4.78, 5) is 37.2. The molecule has 0 fully saturated rings. The molecule has 0 radical (unpaired) electrons. The van der Waals surface area contributed by atoms with Gasteiger partial charge < -0.3 is 14.4 Å². The van der Waals surface area contributed by atoms with E-state index in [4.69, 9.17) is 23.2 Å². The maximum atomic E-state index is 13.5. The Morgan fingerprint density at radius 2 is 1.91 bits per heavy atom. The summed E-state index contributed by atoms with van der Waals surface area (Å²) in [6, 6.07) is 10.8. The lowest BCUT2D eigenvalue weighted by Crippen LogP contribution is -2.31. The molecule has 2 heterocycles. The van der Waals surface area contributed by atoms with Crippen LogP contribution in [0.3, 0.4) is 0 Å². The number of amides is 2. The van der Waals surface area contributed by atoms with E-state index in [1.165, 1.54) is 4.90 Å². The largest absolute Gasteiger partial charge is 0.340 e. The molecule has 0 saturated heterocycles. The number of halogens is 2. The van der Waals surface area contributed by atoms with Gasteiger partial charge in [0, 0.05) is 32.4 Å². The van der Waals surface area contributed by atoms with Crippen LogP contribution >= 0.6 is 23.2 Å². The van der Waals surface area contributed by atoms with Crippen molar-refractivity contribution >= 4 is 41.3 Å². The van der Waals surface area contributed by atoms with Crippen LogP contribution in [-0.4, -0.2) is 52.4 Å². The van der Waals surface area contributed by atoms with E-state index in [9.17, 15) is 9.59 Å². The first-order valence-corrected chi connectivity index (χ1v) is 11.0. The van der Waals surface area contributed by atoms with E-state index in [-0.39, 0.29) is 18.3 Å². The van der Waals surface area contributed by atoms with Gasteiger partial charge in [0.1, 0.15) is 5.82 Å². The quantitative estimate of drug-likeness (QED) is 0.419. The normalized spacial score (nSPS) is 10.8. The number of rotatable bonds is 9. The van der Waals surface area contributed by atoms with Gasteiger partial charge in [-0.05, 0) is 30.7 Å². The molecule has 0 aliphatic heterocycles. The lowest BCUT2D eigenvalue weighted by Gasteiger charge is -2.20. The summed E-state index contributed by atoms with van der Waals surface area (Å²) in [6.45, 7) is 2.90. The Bertz CT molecular complexity index is 1100. The number of anilines is 1. The van der Waals surface area contributed by atoms with Crippen LogP contribution < -0.4 is 4.90 Å². The third-order valence-electron chi connectivity index (χ3n) is 5.06. The van der Waals surface area contributed by atoms with Gasteiger partial charge in [-0.2, -0.15) is 0 Å². The molecule has 1 aromatic carbocycles. The van der Waals surface area contributed by atoms with Gasteiger partial charge in [-0.3, -0.25) is 14.6 Å². The van der Waals surface area contributed by atoms with Crippen molar-refractivity contribution in [3.8, 4) is 11.4 Å². The zero-order valence-corrected chi connectivity index (χ0v) is 19.8. The number of pyridine rings is 1. The zero-order valence-electron chi connectivity index (χ0n) is 18.3. The molecule has 0 aliphatic rings. The van der Waals surface area contributed by atoms with Gasteiger partial charge in [0.25, 0.3) is 5.91 Å². The number of nitrogens with zero attached hydrogens (tertiary/aromatic N) is 5. The SMILES string of the molecule is CCCCN(C)C(=O)c1c(N(C)C=O)nc(-c2ccccc2Cl)n1Cc1ccc(Cl)cn1. The predicted octanol–water partition coefficient (Wildman–Crippen LogP) is 4.76. The van der Waals surface area contributed by atoms with E-state index in [2.05, 4.69) is 16.9 Å². The standard InChI is InChI=1S/C23H25Cl2N5O2/c1-4-5-12-28(2)23(32)20-22(29(3)15-31)27-21(18-8-6-7-9-19(18)25)30(20)14-17-11-10-16(24)13-26-17/h6-11,13,15H,4-5,12,14H2,1-3H3. The van der Waals surface area contributed by atoms with Gasteiger partial charge in [-0.25, -0.2) is 4.98 Å². The average Bonchev–Trinajstić information content (AvgIpc) is 3.16. The highest BCUT2D eigenvalue weighted by Crippen LogP contribution is 2.33. The summed E-state index contributed by atoms with van der Waals surface area (Å²) in [5.74, 6) is 0.502. The van der Waals surface area contributed by atoms with Crippen molar-refractivity contribution < 1.29 is 9.59 Å².